The van der Waals surface area contributed by atoms with E-state index >= 15 is 0 Å². The van der Waals surface area contributed by atoms with Gasteiger partial charge in [0.2, 0.25) is 0 Å². The first-order chi connectivity index (χ1) is 9.77. The zero-order chi connectivity index (χ0) is 15.6. The van der Waals surface area contributed by atoms with E-state index in [1.807, 2.05) is 0 Å². The Labute approximate surface area is 126 Å². The van der Waals surface area contributed by atoms with Gasteiger partial charge in [0, 0.05) is 19.6 Å². The van der Waals surface area contributed by atoms with Crippen molar-refractivity contribution in [3.05, 3.63) is 35.1 Å². The van der Waals surface area contributed by atoms with E-state index in [4.69, 9.17) is 4.74 Å². The van der Waals surface area contributed by atoms with Crippen LogP contribution in [0.15, 0.2) is 18.2 Å². The molecule has 4 heteroatoms. The minimum absolute atomic E-state index is 0.154. The van der Waals surface area contributed by atoms with Crippen LogP contribution in [0.5, 0.6) is 0 Å². The second kappa shape index (κ2) is 6.42. The molecule has 1 fully saturated rings. The second-order valence-corrected chi connectivity index (χ2v) is 6.74. The number of aliphatic hydroxyl groups is 1. The summed E-state index contributed by atoms with van der Waals surface area (Å²) in [6.07, 6.45) is 0.176. The Kier molecular flexibility index (Phi) is 5.02. The highest BCUT2D eigenvalue weighted by Crippen LogP contribution is 2.23. The van der Waals surface area contributed by atoms with Crippen LogP contribution in [-0.2, 0) is 4.74 Å². The number of hydrogen-bond donors (Lipinski definition) is 1. The first-order valence-corrected chi connectivity index (χ1v) is 7.61. The highest BCUT2D eigenvalue weighted by Gasteiger charge is 2.31. The van der Waals surface area contributed by atoms with E-state index < -0.39 is 6.10 Å². The van der Waals surface area contributed by atoms with E-state index in [1.165, 1.54) is 6.07 Å². The largest absolute Gasteiger partial charge is 0.388 e. The van der Waals surface area contributed by atoms with Crippen LogP contribution < -0.4 is 0 Å². The van der Waals surface area contributed by atoms with Crippen LogP contribution in [0.3, 0.4) is 0 Å². The molecule has 1 aromatic carbocycles. The maximum absolute atomic E-state index is 13.5. The number of rotatable bonds is 4. The molecule has 1 N–H and O–H groups in total. The molecular weight excluding hydrogens is 269 g/mol. The van der Waals surface area contributed by atoms with Crippen molar-refractivity contribution in [1.82, 2.24) is 4.90 Å². The van der Waals surface area contributed by atoms with E-state index in [0.29, 0.717) is 17.5 Å². The van der Waals surface area contributed by atoms with Crippen molar-refractivity contribution in [1.29, 1.82) is 0 Å². The Bertz CT molecular complexity index is 490. The molecule has 2 unspecified atom stereocenters. The molecule has 0 bridgehead atoms. The van der Waals surface area contributed by atoms with Crippen molar-refractivity contribution < 1.29 is 14.2 Å². The lowest BCUT2D eigenvalue weighted by atomic mass is 10.0. The van der Waals surface area contributed by atoms with Crippen LogP contribution in [0.4, 0.5) is 4.39 Å². The molecule has 1 aromatic rings. The molecular formula is C17H26FNO2. The number of benzene rings is 1. The Morgan fingerprint density at radius 3 is 2.81 bits per heavy atom. The second-order valence-electron chi connectivity index (χ2n) is 6.74. The summed E-state index contributed by atoms with van der Waals surface area (Å²) in [6.45, 7) is 10.5. The average molecular weight is 295 g/mol. The van der Waals surface area contributed by atoms with E-state index in [2.05, 4.69) is 25.7 Å². The molecule has 0 radical (unpaired) electrons. The van der Waals surface area contributed by atoms with E-state index in [1.54, 1.807) is 19.1 Å². The monoisotopic (exact) mass is 295 g/mol. The summed E-state index contributed by atoms with van der Waals surface area (Å²) in [4.78, 5) is 2.31. The topological polar surface area (TPSA) is 32.7 Å². The van der Waals surface area contributed by atoms with Gasteiger partial charge in [-0.1, -0.05) is 12.1 Å². The van der Waals surface area contributed by atoms with Crippen molar-refractivity contribution in [2.45, 2.75) is 51.9 Å². The number of aryl methyl sites for hydroxylation is 1. The van der Waals surface area contributed by atoms with Crippen molar-refractivity contribution >= 4 is 0 Å². The lowest BCUT2D eigenvalue weighted by Gasteiger charge is -2.42. The fourth-order valence-corrected chi connectivity index (χ4v) is 3.04. The molecule has 0 amide bonds. The van der Waals surface area contributed by atoms with Crippen molar-refractivity contribution in [3.8, 4) is 0 Å². The Hall–Kier alpha value is -0.970. The van der Waals surface area contributed by atoms with Gasteiger partial charge in [0.05, 0.1) is 17.8 Å². The first-order valence-electron chi connectivity index (χ1n) is 7.61. The fourth-order valence-electron chi connectivity index (χ4n) is 3.04. The van der Waals surface area contributed by atoms with Gasteiger partial charge in [-0.2, -0.15) is 0 Å². The minimum Gasteiger partial charge on any atom is -0.388 e. The Morgan fingerprint density at radius 2 is 2.19 bits per heavy atom. The van der Waals surface area contributed by atoms with Crippen molar-refractivity contribution in [2.24, 2.45) is 0 Å². The number of morpholine rings is 1. The first kappa shape index (κ1) is 16.4. The summed E-state index contributed by atoms with van der Waals surface area (Å²) in [7, 11) is 0. The quantitative estimate of drug-likeness (QED) is 0.926. The lowest BCUT2D eigenvalue weighted by Crippen LogP contribution is -2.52. The van der Waals surface area contributed by atoms with Gasteiger partial charge in [0.1, 0.15) is 5.82 Å². The van der Waals surface area contributed by atoms with Crippen molar-refractivity contribution in [2.75, 3.05) is 19.6 Å². The molecule has 0 spiro atoms. The number of halogens is 1. The normalized spacial score (nSPS) is 24.0. The van der Waals surface area contributed by atoms with Crippen LogP contribution in [0.1, 0.15) is 44.4 Å². The van der Waals surface area contributed by atoms with Crippen LogP contribution in [0, 0.1) is 12.7 Å². The lowest BCUT2D eigenvalue weighted by molar-refractivity contribution is -0.130. The third-order valence-electron chi connectivity index (χ3n) is 3.94. The molecule has 2 atom stereocenters. The van der Waals surface area contributed by atoms with E-state index in [0.717, 1.165) is 19.6 Å². The molecule has 21 heavy (non-hydrogen) atoms. The van der Waals surface area contributed by atoms with Gasteiger partial charge in [0.25, 0.3) is 0 Å². The van der Waals surface area contributed by atoms with Gasteiger partial charge >= 0.3 is 0 Å². The predicted molar refractivity (Wildman–Crippen MR) is 81.8 cm³/mol. The highest BCUT2D eigenvalue weighted by molar-refractivity contribution is 5.24. The third-order valence-corrected chi connectivity index (χ3v) is 3.94. The molecule has 1 aliphatic heterocycles. The van der Waals surface area contributed by atoms with Crippen LogP contribution in [0.2, 0.25) is 0 Å². The summed E-state index contributed by atoms with van der Waals surface area (Å²) in [5.74, 6) is -0.257. The third kappa shape index (κ3) is 4.50. The molecule has 3 nitrogen and oxygen atoms in total. The Morgan fingerprint density at radius 1 is 1.48 bits per heavy atom. The van der Waals surface area contributed by atoms with Gasteiger partial charge in [-0.3, -0.25) is 4.90 Å². The summed E-state index contributed by atoms with van der Waals surface area (Å²) in [5, 5.41) is 10.2. The molecule has 0 aromatic heterocycles. The van der Waals surface area contributed by atoms with Crippen molar-refractivity contribution in [3.63, 3.8) is 0 Å². The number of ether oxygens (including phenoxy) is 1. The molecule has 118 valence electrons. The molecule has 1 saturated heterocycles. The molecule has 1 aliphatic rings. The summed E-state index contributed by atoms with van der Waals surface area (Å²) in [6, 6.07) is 4.95. The smallest absolute Gasteiger partial charge is 0.126 e. The number of hydrogen-bond acceptors (Lipinski definition) is 3. The summed E-state index contributed by atoms with van der Waals surface area (Å²) >= 11 is 0. The fraction of sp³-hybridized carbons (Fsp3) is 0.647. The molecule has 2 rings (SSSR count). The minimum atomic E-state index is -0.624. The van der Waals surface area contributed by atoms with Gasteiger partial charge in [-0.15, -0.1) is 0 Å². The van der Waals surface area contributed by atoms with Crippen LogP contribution in [0.25, 0.3) is 0 Å². The van der Waals surface area contributed by atoms with E-state index in [9.17, 15) is 9.50 Å². The SMILES string of the molecule is Cc1ccc(C(O)CCN2CC(C)OC(C)(C)C2)cc1F. The number of aliphatic hydroxyl groups excluding tert-OH is 1. The Balaban J connectivity index is 1.91. The van der Waals surface area contributed by atoms with Gasteiger partial charge in [-0.05, 0) is 51.3 Å². The molecule has 0 aliphatic carbocycles. The highest BCUT2D eigenvalue weighted by atomic mass is 19.1. The standard InChI is InChI=1S/C17H26FNO2/c1-12-5-6-14(9-15(12)18)16(20)7-8-19-10-13(2)21-17(3,4)11-19/h5-6,9,13,16,20H,7-8,10-11H2,1-4H3. The predicted octanol–water partition coefficient (Wildman–Crippen LogP) is 3.06. The van der Waals surface area contributed by atoms with Crippen LogP contribution in [-0.4, -0.2) is 41.3 Å². The van der Waals surface area contributed by atoms with E-state index in [-0.39, 0.29) is 17.5 Å². The van der Waals surface area contributed by atoms with Gasteiger partial charge in [0.15, 0.2) is 0 Å². The molecule has 1 heterocycles. The number of nitrogens with zero attached hydrogens (tertiary/aromatic N) is 1. The van der Waals surface area contributed by atoms with Gasteiger partial charge < -0.3 is 9.84 Å². The maximum atomic E-state index is 13.5. The van der Waals surface area contributed by atoms with Gasteiger partial charge in [-0.25, -0.2) is 4.39 Å². The van der Waals surface area contributed by atoms with Crippen LogP contribution >= 0.6 is 0 Å². The molecule has 0 saturated carbocycles. The maximum Gasteiger partial charge on any atom is 0.126 e. The zero-order valence-corrected chi connectivity index (χ0v) is 13.4. The summed E-state index contributed by atoms with van der Waals surface area (Å²) < 4.78 is 19.4. The zero-order valence-electron chi connectivity index (χ0n) is 13.4. The summed E-state index contributed by atoms with van der Waals surface area (Å²) in [5.41, 5.74) is 1.10. The average Bonchev–Trinajstić information content (AvgIpc) is 2.37.